The Kier molecular flexibility index (Phi) is 3.92. The van der Waals surface area contributed by atoms with Crippen molar-refractivity contribution in [2.75, 3.05) is 14.1 Å². The molecule has 1 aromatic carbocycles. The van der Waals surface area contributed by atoms with Gasteiger partial charge in [-0.3, -0.25) is 4.79 Å². The SMILES string of the molecule is CN(C)C(=O)C/C=C/c1ccccc1. The number of amides is 1. The molecule has 0 heterocycles. The Morgan fingerprint density at radius 2 is 1.93 bits per heavy atom. The summed E-state index contributed by atoms with van der Waals surface area (Å²) in [4.78, 5) is 12.8. The maximum Gasteiger partial charge on any atom is 0.225 e. The average molecular weight is 189 g/mol. The Bertz CT molecular complexity index is 314. The largest absolute Gasteiger partial charge is 0.349 e. The first-order chi connectivity index (χ1) is 6.70. The molecule has 2 nitrogen and oxygen atoms in total. The molecule has 0 N–H and O–H groups in total. The first-order valence-corrected chi connectivity index (χ1v) is 4.62. The van der Waals surface area contributed by atoms with E-state index in [-0.39, 0.29) is 5.91 Å². The molecule has 0 aliphatic heterocycles. The van der Waals surface area contributed by atoms with Gasteiger partial charge in [-0.1, -0.05) is 42.5 Å². The van der Waals surface area contributed by atoms with Gasteiger partial charge in [0.2, 0.25) is 5.91 Å². The van der Waals surface area contributed by atoms with Gasteiger partial charge in [-0.15, -0.1) is 0 Å². The minimum atomic E-state index is 0.122. The standard InChI is InChI=1S/C12H15NO/c1-13(2)12(14)10-6-9-11-7-4-3-5-8-11/h3-9H,10H2,1-2H3/b9-6+. The first-order valence-electron chi connectivity index (χ1n) is 4.62. The fraction of sp³-hybridized carbons (Fsp3) is 0.250. The maximum absolute atomic E-state index is 11.2. The fourth-order valence-corrected chi connectivity index (χ4v) is 1.04. The number of hydrogen-bond donors (Lipinski definition) is 0. The van der Waals surface area contributed by atoms with Crippen LogP contribution in [0.3, 0.4) is 0 Å². The summed E-state index contributed by atoms with van der Waals surface area (Å²) in [7, 11) is 3.53. The van der Waals surface area contributed by atoms with Crippen LogP contribution in [0.4, 0.5) is 0 Å². The van der Waals surface area contributed by atoms with Crippen molar-refractivity contribution in [3.8, 4) is 0 Å². The number of hydrogen-bond acceptors (Lipinski definition) is 1. The Morgan fingerprint density at radius 1 is 1.29 bits per heavy atom. The number of rotatable bonds is 3. The zero-order chi connectivity index (χ0) is 10.4. The minimum Gasteiger partial charge on any atom is -0.349 e. The summed E-state index contributed by atoms with van der Waals surface area (Å²) >= 11 is 0. The lowest BCUT2D eigenvalue weighted by Gasteiger charge is -2.06. The Labute approximate surface area is 84.9 Å². The molecule has 1 amide bonds. The molecule has 0 radical (unpaired) electrons. The molecule has 74 valence electrons. The van der Waals surface area contributed by atoms with Crippen molar-refractivity contribution >= 4 is 12.0 Å². The van der Waals surface area contributed by atoms with Gasteiger partial charge in [0, 0.05) is 20.5 Å². The summed E-state index contributed by atoms with van der Waals surface area (Å²) in [6.07, 6.45) is 4.31. The van der Waals surface area contributed by atoms with E-state index in [9.17, 15) is 4.79 Å². The predicted octanol–water partition coefficient (Wildman–Crippen LogP) is 2.18. The van der Waals surface area contributed by atoms with E-state index in [0.29, 0.717) is 6.42 Å². The average Bonchev–Trinajstić information content (AvgIpc) is 2.19. The van der Waals surface area contributed by atoms with E-state index in [1.807, 2.05) is 42.5 Å². The molecular weight excluding hydrogens is 174 g/mol. The van der Waals surface area contributed by atoms with E-state index in [1.165, 1.54) is 0 Å². The summed E-state index contributed by atoms with van der Waals surface area (Å²) in [6.45, 7) is 0. The maximum atomic E-state index is 11.2. The number of carbonyl (C=O) groups excluding carboxylic acids is 1. The summed E-state index contributed by atoms with van der Waals surface area (Å²) < 4.78 is 0. The molecule has 0 atom stereocenters. The Hall–Kier alpha value is -1.57. The van der Waals surface area contributed by atoms with Crippen LogP contribution in [0.25, 0.3) is 6.08 Å². The van der Waals surface area contributed by atoms with E-state index < -0.39 is 0 Å². The molecule has 1 aromatic rings. The van der Waals surface area contributed by atoms with Gasteiger partial charge in [0.25, 0.3) is 0 Å². The molecule has 0 fully saturated rings. The highest BCUT2D eigenvalue weighted by Crippen LogP contribution is 2.02. The lowest BCUT2D eigenvalue weighted by Crippen LogP contribution is -2.20. The molecule has 0 aliphatic rings. The van der Waals surface area contributed by atoms with Gasteiger partial charge in [0.15, 0.2) is 0 Å². The van der Waals surface area contributed by atoms with Gasteiger partial charge in [-0.05, 0) is 5.56 Å². The van der Waals surface area contributed by atoms with Crippen molar-refractivity contribution in [1.82, 2.24) is 4.90 Å². The number of nitrogens with zero attached hydrogens (tertiary/aromatic N) is 1. The van der Waals surface area contributed by atoms with Crippen molar-refractivity contribution in [2.24, 2.45) is 0 Å². The van der Waals surface area contributed by atoms with Gasteiger partial charge >= 0.3 is 0 Å². The second-order valence-electron chi connectivity index (χ2n) is 3.31. The smallest absolute Gasteiger partial charge is 0.225 e. The van der Waals surface area contributed by atoms with Crippen LogP contribution in [-0.4, -0.2) is 24.9 Å². The third kappa shape index (κ3) is 3.44. The van der Waals surface area contributed by atoms with Crippen molar-refractivity contribution in [3.63, 3.8) is 0 Å². The van der Waals surface area contributed by atoms with Crippen molar-refractivity contribution in [2.45, 2.75) is 6.42 Å². The lowest BCUT2D eigenvalue weighted by molar-refractivity contribution is -0.127. The van der Waals surface area contributed by atoms with Gasteiger partial charge in [0.1, 0.15) is 0 Å². The summed E-state index contributed by atoms with van der Waals surface area (Å²) in [6, 6.07) is 9.95. The summed E-state index contributed by atoms with van der Waals surface area (Å²) in [5, 5.41) is 0. The van der Waals surface area contributed by atoms with Crippen molar-refractivity contribution in [1.29, 1.82) is 0 Å². The zero-order valence-electron chi connectivity index (χ0n) is 8.60. The quantitative estimate of drug-likeness (QED) is 0.713. The van der Waals surface area contributed by atoms with Gasteiger partial charge in [0.05, 0.1) is 0 Å². The predicted molar refractivity (Wildman–Crippen MR) is 58.8 cm³/mol. The molecule has 0 saturated carbocycles. The third-order valence-corrected chi connectivity index (χ3v) is 1.90. The number of carbonyl (C=O) groups is 1. The molecule has 0 aromatic heterocycles. The Balaban J connectivity index is 2.46. The van der Waals surface area contributed by atoms with Gasteiger partial charge in [-0.2, -0.15) is 0 Å². The van der Waals surface area contributed by atoms with Crippen molar-refractivity contribution < 1.29 is 4.79 Å². The van der Waals surface area contributed by atoms with Gasteiger partial charge < -0.3 is 4.90 Å². The number of benzene rings is 1. The minimum absolute atomic E-state index is 0.122. The van der Waals surface area contributed by atoms with E-state index >= 15 is 0 Å². The van der Waals surface area contributed by atoms with Crippen LogP contribution in [0, 0.1) is 0 Å². The molecule has 0 aliphatic carbocycles. The normalized spacial score (nSPS) is 10.4. The monoisotopic (exact) mass is 189 g/mol. The van der Waals surface area contributed by atoms with Crippen LogP contribution >= 0.6 is 0 Å². The van der Waals surface area contributed by atoms with Crippen LogP contribution in [0.1, 0.15) is 12.0 Å². The van der Waals surface area contributed by atoms with Crippen LogP contribution < -0.4 is 0 Å². The Morgan fingerprint density at radius 3 is 2.50 bits per heavy atom. The molecule has 0 bridgehead atoms. The lowest BCUT2D eigenvalue weighted by atomic mass is 10.2. The second kappa shape index (κ2) is 5.22. The first kappa shape index (κ1) is 10.5. The van der Waals surface area contributed by atoms with Crippen LogP contribution in [0.2, 0.25) is 0 Å². The second-order valence-corrected chi connectivity index (χ2v) is 3.31. The van der Waals surface area contributed by atoms with Crippen LogP contribution in [0.5, 0.6) is 0 Å². The fourth-order valence-electron chi connectivity index (χ4n) is 1.04. The summed E-state index contributed by atoms with van der Waals surface area (Å²) in [5.41, 5.74) is 1.12. The molecule has 2 heteroatoms. The van der Waals surface area contributed by atoms with Crippen LogP contribution in [0.15, 0.2) is 36.4 Å². The van der Waals surface area contributed by atoms with E-state index in [2.05, 4.69) is 0 Å². The molecule has 0 saturated heterocycles. The van der Waals surface area contributed by atoms with E-state index in [4.69, 9.17) is 0 Å². The highest BCUT2D eigenvalue weighted by Gasteiger charge is 1.98. The summed E-state index contributed by atoms with van der Waals surface area (Å²) in [5.74, 6) is 0.122. The topological polar surface area (TPSA) is 20.3 Å². The molecule has 0 unspecified atom stereocenters. The molecule has 0 spiro atoms. The highest BCUT2D eigenvalue weighted by atomic mass is 16.2. The third-order valence-electron chi connectivity index (χ3n) is 1.90. The van der Waals surface area contributed by atoms with Crippen LogP contribution in [-0.2, 0) is 4.79 Å². The molecule has 1 rings (SSSR count). The van der Waals surface area contributed by atoms with Gasteiger partial charge in [-0.25, -0.2) is 0 Å². The van der Waals surface area contributed by atoms with E-state index in [1.54, 1.807) is 19.0 Å². The molecule has 14 heavy (non-hydrogen) atoms. The van der Waals surface area contributed by atoms with Crippen molar-refractivity contribution in [3.05, 3.63) is 42.0 Å². The highest BCUT2D eigenvalue weighted by molar-refractivity contribution is 5.78. The zero-order valence-corrected chi connectivity index (χ0v) is 8.60. The van der Waals surface area contributed by atoms with E-state index in [0.717, 1.165) is 5.56 Å². The molecular formula is C12H15NO.